The van der Waals surface area contributed by atoms with E-state index in [1.165, 1.54) is 37.8 Å². The van der Waals surface area contributed by atoms with Gasteiger partial charge in [0.1, 0.15) is 0 Å². The van der Waals surface area contributed by atoms with Crippen molar-refractivity contribution in [1.82, 2.24) is 9.88 Å². The zero-order valence-electron chi connectivity index (χ0n) is 10.6. The molecule has 1 aliphatic carbocycles. The van der Waals surface area contributed by atoms with Gasteiger partial charge in [-0.25, -0.2) is 4.98 Å². The topological polar surface area (TPSA) is 42.2 Å². The Labute approximate surface area is 108 Å². The molecule has 2 rings (SSSR count). The molecule has 1 atom stereocenters. The van der Waals surface area contributed by atoms with Crippen LogP contribution in [-0.2, 0) is 6.54 Å². The van der Waals surface area contributed by atoms with Gasteiger partial charge in [-0.1, -0.05) is 19.3 Å². The van der Waals surface area contributed by atoms with Crippen LogP contribution in [0.25, 0.3) is 0 Å². The lowest BCUT2D eigenvalue weighted by atomic mass is 9.83. The highest BCUT2D eigenvalue weighted by Gasteiger charge is 2.25. The van der Waals surface area contributed by atoms with Crippen molar-refractivity contribution in [3.05, 3.63) is 16.6 Å². The molecular formula is C13H23N3S. The number of rotatable bonds is 5. The van der Waals surface area contributed by atoms with Gasteiger partial charge in [-0.3, -0.25) is 4.90 Å². The highest BCUT2D eigenvalue weighted by Crippen LogP contribution is 2.28. The predicted octanol–water partition coefficient (Wildman–Crippen LogP) is 2.48. The third kappa shape index (κ3) is 3.50. The van der Waals surface area contributed by atoms with Crippen LogP contribution in [-0.4, -0.2) is 29.5 Å². The van der Waals surface area contributed by atoms with Gasteiger partial charge in [0.25, 0.3) is 0 Å². The molecule has 2 N–H and O–H groups in total. The summed E-state index contributed by atoms with van der Waals surface area (Å²) in [4.78, 5) is 6.75. The Kier molecular flexibility index (Phi) is 4.95. The number of thiazole rings is 1. The fourth-order valence-corrected chi connectivity index (χ4v) is 3.49. The first-order chi connectivity index (χ1) is 8.31. The second kappa shape index (κ2) is 6.47. The fourth-order valence-electron chi connectivity index (χ4n) is 2.94. The van der Waals surface area contributed by atoms with Gasteiger partial charge in [0.05, 0.1) is 11.2 Å². The van der Waals surface area contributed by atoms with Crippen LogP contribution < -0.4 is 5.73 Å². The summed E-state index contributed by atoms with van der Waals surface area (Å²) in [5.74, 6) is 0.789. The van der Waals surface area contributed by atoms with Crippen LogP contribution in [0.3, 0.4) is 0 Å². The molecule has 3 nitrogen and oxygen atoms in total. The molecule has 1 aromatic rings. The third-order valence-corrected chi connectivity index (χ3v) is 4.53. The Hall–Kier alpha value is -0.450. The molecule has 1 fully saturated rings. The lowest BCUT2D eigenvalue weighted by Crippen LogP contribution is -2.43. The molecule has 0 radical (unpaired) electrons. The smallest absolute Gasteiger partial charge is 0.0795 e. The number of likely N-dealkylation sites (N-methyl/N-ethyl adjacent to an activating group) is 1. The van der Waals surface area contributed by atoms with Crippen LogP contribution in [0.5, 0.6) is 0 Å². The lowest BCUT2D eigenvalue weighted by molar-refractivity contribution is 0.142. The molecular weight excluding hydrogens is 230 g/mol. The number of nitrogens with two attached hydrogens (primary N) is 1. The monoisotopic (exact) mass is 253 g/mol. The molecule has 0 aromatic carbocycles. The summed E-state index contributed by atoms with van der Waals surface area (Å²) >= 11 is 1.67. The highest BCUT2D eigenvalue weighted by atomic mass is 32.1. The van der Waals surface area contributed by atoms with Gasteiger partial charge in [0.2, 0.25) is 0 Å². The number of hydrogen-bond acceptors (Lipinski definition) is 4. The minimum atomic E-state index is 0.525. The summed E-state index contributed by atoms with van der Waals surface area (Å²) < 4.78 is 0. The van der Waals surface area contributed by atoms with Crippen molar-refractivity contribution < 1.29 is 0 Å². The largest absolute Gasteiger partial charge is 0.329 e. The van der Waals surface area contributed by atoms with Crippen LogP contribution in [0, 0.1) is 5.92 Å². The zero-order chi connectivity index (χ0) is 12.1. The Morgan fingerprint density at radius 1 is 1.47 bits per heavy atom. The second-order valence-electron chi connectivity index (χ2n) is 5.10. The van der Waals surface area contributed by atoms with Crippen LogP contribution in [0.15, 0.2) is 10.9 Å². The van der Waals surface area contributed by atoms with Crippen molar-refractivity contribution in [3.63, 3.8) is 0 Å². The van der Waals surface area contributed by atoms with Crippen LogP contribution in [0.1, 0.15) is 37.8 Å². The molecule has 0 saturated heterocycles. The average Bonchev–Trinajstić information content (AvgIpc) is 2.84. The number of hydrogen-bond donors (Lipinski definition) is 1. The maximum atomic E-state index is 5.97. The van der Waals surface area contributed by atoms with E-state index in [2.05, 4.69) is 22.3 Å². The van der Waals surface area contributed by atoms with Gasteiger partial charge < -0.3 is 5.73 Å². The van der Waals surface area contributed by atoms with E-state index in [0.717, 1.165) is 19.0 Å². The van der Waals surface area contributed by atoms with E-state index >= 15 is 0 Å². The summed E-state index contributed by atoms with van der Waals surface area (Å²) in [7, 11) is 2.19. The Morgan fingerprint density at radius 2 is 2.24 bits per heavy atom. The Bertz CT molecular complexity index is 306. The molecule has 1 aromatic heterocycles. The van der Waals surface area contributed by atoms with Crippen molar-refractivity contribution in [3.8, 4) is 0 Å². The van der Waals surface area contributed by atoms with E-state index in [9.17, 15) is 0 Å². The van der Waals surface area contributed by atoms with Crippen LogP contribution >= 0.6 is 11.3 Å². The first-order valence-electron chi connectivity index (χ1n) is 6.58. The molecule has 1 heterocycles. The normalized spacial score (nSPS) is 19.7. The second-order valence-corrected chi connectivity index (χ2v) is 5.81. The van der Waals surface area contributed by atoms with Gasteiger partial charge in [0.15, 0.2) is 0 Å². The van der Waals surface area contributed by atoms with Gasteiger partial charge in [-0.15, -0.1) is 11.3 Å². The minimum Gasteiger partial charge on any atom is -0.329 e. The molecule has 96 valence electrons. The Balaban J connectivity index is 1.92. The average molecular weight is 253 g/mol. The summed E-state index contributed by atoms with van der Waals surface area (Å²) in [6.07, 6.45) is 6.87. The van der Waals surface area contributed by atoms with Gasteiger partial charge in [-0.05, 0) is 25.8 Å². The van der Waals surface area contributed by atoms with Crippen LogP contribution in [0.4, 0.5) is 0 Å². The molecule has 4 heteroatoms. The van der Waals surface area contributed by atoms with Gasteiger partial charge in [0, 0.05) is 24.5 Å². The van der Waals surface area contributed by atoms with E-state index in [-0.39, 0.29) is 0 Å². The van der Waals surface area contributed by atoms with Crippen molar-refractivity contribution >= 4 is 11.3 Å². The molecule has 17 heavy (non-hydrogen) atoms. The number of aromatic nitrogens is 1. The quantitative estimate of drug-likeness (QED) is 0.876. The zero-order valence-corrected chi connectivity index (χ0v) is 11.5. The molecule has 0 spiro atoms. The third-order valence-electron chi connectivity index (χ3n) is 3.90. The fraction of sp³-hybridized carbons (Fsp3) is 0.769. The van der Waals surface area contributed by atoms with E-state index in [0.29, 0.717) is 6.04 Å². The summed E-state index contributed by atoms with van der Waals surface area (Å²) in [5.41, 5.74) is 9.05. The van der Waals surface area contributed by atoms with Crippen molar-refractivity contribution in [2.24, 2.45) is 11.7 Å². The SMILES string of the molecule is CN(Cc1cscn1)C(CN)C1CCCCC1. The molecule has 1 saturated carbocycles. The van der Waals surface area contributed by atoms with Crippen molar-refractivity contribution in [2.45, 2.75) is 44.7 Å². The summed E-state index contributed by atoms with van der Waals surface area (Å²) in [5, 5.41) is 2.13. The predicted molar refractivity (Wildman–Crippen MR) is 73.0 cm³/mol. The summed E-state index contributed by atoms with van der Waals surface area (Å²) in [6.45, 7) is 1.70. The first kappa shape index (κ1) is 13.0. The molecule has 1 aliphatic rings. The first-order valence-corrected chi connectivity index (χ1v) is 7.53. The van der Waals surface area contributed by atoms with E-state index < -0.39 is 0 Å². The van der Waals surface area contributed by atoms with E-state index in [4.69, 9.17) is 5.73 Å². The molecule has 1 unspecified atom stereocenters. The Morgan fingerprint density at radius 3 is 2.82 bits per heavy atom. The summed E-state index contributed by atoms with van der Waals surface area (Å²) in [6, 6.07) is 0.525. The molecule has 0 aliphatic heterocycles. The number of nitrogens with zero attached hydrogens (tertiary/aromatic N) is 2. The maximum absolute atomic E-state index is 5.97. The van der Waals surface area contributed by atoms with Crippen LogP contribution in [0.2, 0.25) is 0 Å². The maximum Gasteiger partial charge on any atom is 0.0795 e. The van der Waals surface area contributed by atoms with Gasteiger partial charge >= 0.3 is 0 Å². The van der Waals surface area contributed by atoms with Crippen molar-refractivity contribution in [1.29, 1.82) is 0 Å². The lowest BCUT2D eigenvalue weighted by Gasteiger charge is -2.35. The highest BCUT2D eigenvalue weighted by molar-refractivity contribution is 7.07. The van der Waals surface area contributed by atoms with E-state index in [1.54, 1.807) is 11.3 Å². The van der Waals surface area contributed by atoms with E-state index in [1.807, 2.05) is 5.51 Å². The molecule has 0 bridgehead atoms. The molecule has 0 amide bonds. The van der Waals surface area contributed by atoms with Crippen molar-refractivity contribution in [2.75, 3.05) is 13.6 Å². The minimum absolute atomic E-state index is 0.525. The standard InChI is InChI=1S/C13H23N3S/c1-16(8-12-9-17-10-15-12)13(7-14)11-5-3-2-4-6-11/h9-11,13H,2-8,14H2,1H3. The van der Waals surface area contributed by atoms with Gasteiger partial charge in [-0.2, -0.15) is 0 Å².